The lowest BCUT2D eigenvalue weighted by atomic mass is 9.95. The van der Waals surface area contributed by atoms with E-state index in [0.29, 0.717) is 24.6 Å². The molecule has 1 N–H and O–H groups in total. The maximum absolute atomic E-state index is 12.8. The van der Waals surface area contributed by atoms with Gasteiger partial charge in [0.25, 0.3) is 0 Å². The number of sulfonamides is 1. The van der Waals surface area contributed by atoms with Gasteiger partial charge in [-0.05, 0) is 57.0 Å². The van der Waals surface area contributed by atoms with Gasteiger partial charge in [0.1, 0.15) is 10.6 Å². The Morgan fingerprint density at radius 1 is 1.38 bits per heavy atom. The number of nitrogens with one attached hydrogen (secondary N) is 1. The van der Waals surface area contributed by atoms with Crippen molar-refractivity contribution in [3.63, 3.8) is 0 Å². The van der Waals surface area contributed by atoms with Gasteiger partial charge in [0.2, 0.25) is 10.0 Å². The van der Waals surface area contributed by atoms with Crippen LogP contribution in [0.3, 0.4) is 0 Å². The third-order valence-electron chi connectivity index (χ3n) is 4.29. The normalized spacial score (nSPS) is 16.2. The molecule has 1 aromatic rings. The van der Waals surface area contributed by atoms with Crippen molar-refractivity contribution in [1.82, 2.24) is 9.62 Å². The summed E-state index contributed by atoms with van der Waals surface area (Å²) < 4.78 is 32.4. The second-order valence-electron chi connectivity index (χ2n) is 5.72. The van der Waals surface area contributed by atoms with Gasteiger partial charge in [-0.2, -0.15) is 9.57 Å². The first-order valence-corrected chi connectivity index (χ1v) is 9.19. The van der Waals surface area contributed by atoms with Crippen LogP contribution in [-0.4, -0.2) is 46.5 Å². The van der Waals surface area contributed by atoms with Gasteiger partial charge in [-0.25, -0.2) is 8.42 Å². The highest BCUT2D eigenvalue weighted by molar-refractivity contribution is 7.89. The molecule has 0 aliphatic carbocycles. The van der Waals surface area contributed by atoms with Crippen LogP contribution in [0, 0.1) is 17.2 Å². The number of ether oxygens (including phenoxy) is 1. The Balaban J connectivity index is 0.00000288. The van der Waals surface area contributed by atoms with Crippen molar-refractivity contribution >= 4 is 22.4 Å². The number of halogens is 1. The molecular formula is C16H24ClN3O3S. The summed E-state index contributed by atoms with van der Waals surface area (Å²) in [6.45, 7) is 2.01. The summed E-state index contributed by atoms with van der Waals surface area (Å²) in [7, 11) is -0.247. The zero-order valence-corrected chi connectivity index (χ0v) is 15.6. The summed E-state index contributed by atoms with van der Waals surface area (Å²) in [6.07, 6.45) is 2.82. The summed E-state index contributed by atoms with van der Waals surface area (Å²) in [5.74, 6) is 0.790. The van der Waals surface area contributed by atoms with E-state index in [9.17, 15) is 8.42 Å². The highest BCUT2D eigenvalue weighted by atomic mass is 35.5. The van der Waals surface area contributed by atoms with E-state index in [2.05, 4.69) is 5.32 Å². The predicted molar refractivity (Wildman–Crippen MR) is 95.0 cm³/mol. The lowest BCUT2D eigenvalue weighted by Gasteiger charge is -2.31. The molecule has 24 heavy (non-hydrogen) atoms. The van der Waals surface area contributed by atoms with Crippen LogP contribution >= 0.6 is 12.4 Å². The van der Waals surface area contributed by atoms with Gasteiger partial charge in [0.05, 0.1) is 18.7 Å². The molecule has 1 fully saturated rings. The van der Waals surface area contributed by atoms with Gasteiger partial charge in [-0.1, -0.05) is 0 Å². The first-order valence-electron chi connectivity index (χ1n) is 7.75. The summed E-state index contributed by atoms with van der Waals surface area (Å²) in [6, 6.07) is 6.42. The number of rotatable bonds is 6. The second kappa shape index (κ2) is 9.23. The van der Waals surface area contributed by atoms with Gasteiger partial charge in [-0.15, -0.1) is 12.4 Å². The van der Waals surface area contributed by atoms with E-state index in [4.69, 9.17) is 10.00 Å². The molecule has 8 heteroatoms. The van der Waals surface area contributed by atoms with Crippen LogP contribution in [0.4, 0.5) is 0 Å². The third kappa shape index (κ3) is 4.61. The van der Waals surface area contributed by atoms with Crippen molar-refractivity contribution in [1.29, 1.82) is 5.26 Å². The van der Waals surface area contributed by atoms with Crippen LogP contribution in [0.15, 0.2) is 23.1 Å². The maximum atomic E-state index is 12.8. The zero-order valence-electron chi connectivity index (χ0n) is 14.0. The summed E-state index contributed by atoms with van der Waals surface area (Å²) in [4.78, 5) is 0.132. The Kier molecular flexibility index (Phi) is 7.97. The van der Waals surface area contributed by atoms with Crippen molar-refractivity contribution in [3.8, 4) is 11.8 Å². The first kappa shape index (κ1) is 20.7. The van der Waals surface area contributed by atoms with E-state index >= 15 is 0 Å². The fraction of sp³-hybridized carbons (Fsp3) is 0.562. The molecule has 1 aromatic carbocycles. The monoisotopic (exact) mass is 373 g/mol. The highest BCUT2D eigenvalue weighted by Crippen LogP contribution is 2.31. The molecule has 0 atom stereocenters. The molecule has 1 saturated heterocycles. The topological polar surface area (TPSA) is 82.4 Å². The van der Waals surface area contributed by atoms with Crippen molar-refractivity contribution in [2.24, 2.45) is 5.92 Å². The number of hydrogen-bond donors (Lipinski definition) is 1. The fourth-order valence-electron chi connectivity index (χ4n) is 2.88. The van der Waals surface area contributed by atoms with E-state index in [-0.39, 0.29) is 23.1 Å². The average Bonchev–Trinajstić information content (AvgIpc) is 2.59. The largest absolute Gasteiger partial charge is 0.495 e. The van der Waals surface area contributed by atoms with Crippen LogP contribution in [0.5, 0.6) is 5.75 Å². The van der Waals surface area contributed by atoms with Crippen LogP contribution in [0.1, 0.15) is 24.8 Å². The Bertz CT molecular complexity index is 680. The number of benzene rings is 1. The van der Waals surface area contributed by atoms with Crippen molar-refractivity contribution in [2.75, 3.05) is 33.8 Å². The molecular weight excluding hydrogens is 350 g/mol. The van der Waals surface area contributed by atoms with E-state index < -0.39 is 10.0 Å². The molecule has 0 saturated carbocycles. The van der Waals surface area contributed by atoms with Crippen LogP contribution in [0.2, 0.25) is 0 Å². The molecule has 134 valence electrons. The highest BCUT2D eigenvalue weighted by Gasteiger charge is 2.31. The van der Waals surface area contributed by atoms with E-state index in [1.54, 1.807) is 0 Å². The van der Waals surface area contributed by atoms with Gasteiger partial charge in [0.15, 0.2) is 0 Å². The lowest BCUT2D eigenvalue weighted by molar-refractivity contribution is 0.262. The van der Waals surface area contributed by atoms with E-state index in [1.165, 1.54) is 29.6 Å². The minimum absolute atomic E-state index is 0. The number of nitrogens with zero attached hydrogens (tertiary/aromatic N) is 2. The molecule has 1 aliphatic heterocycles. The van der Waals surface area contributed by atoms with Gasteiger partial charge in [0, 0.05) is 13.1 Å². The Hall–Kier alpha value is -1.33. The first-order chi connectivity index (χ1) is 11.0. The Labute approximate surface area is 150 Å². The molecule has 0 amide bonds. The quantitative estimate of drug-likeness (QED) is 0.824. The Morgan fingerprint density at radius 2 is 2.04 bits per heavy atom. The fourth-order valence-corrected chi connectivity index (χ4v) is 4.48. The number of piperidine rings is 1. The van der Waals surface area contributed by atoms with Crippen molar-refractivity contribution in [2.45, 2.75) is 24.2 Å². The SMILES string of the molecule is CNCCC1CCN(S(=O)(=O)c2ccc(C#N)cc2OC)CC1.Cl. The van der Waals surface area contributed by atoms with Crippen molar-refractivity contribution in [3.05, 3.63) is 23.8 Å². The second-order valence-corrected chi connectivity index (χ2v) is 7.62. The smallest absolute Gasteiger partial charge is 0.246 e. The molecule has 6 nitrogen and oxygen atoms in total. The molecule has 0 radical (unpaired) electrons. The van der Waals surface area contributed by atoms with Gasteiger partial charge < -0.3 is 10.1 Å². The summed E-state index contributed by atoms with van der Waals surface area (Å²) >= 11 is 0. The average molecular weight is 374 g/mol. The van der Waals surface area contributed by atoms with Gasteiger partial charge >= 0.3 is 0 Å². The number of hydrogen-bond acceptors (Lipinski definition) is 5. The summed E-state index contributed by atoms with van der Waals surface area (Å²) in [5, 5.41) is 12.1. The predicted octanol–water partition coefficient (Wildman–Crippen LogP) is 2.00. The van der Waals surface area contributed by atoms with E-state index in [0.717, 1.165) is 25.8 Å². The van der Waals surface area contributed by atoms with Crippen LogP contribution in [-0.2, 0) is 10.0 Å². The van der Waals surface area contributed by atoms with Crippen molar-refractivity contribution < 1.29 is 13.2 Å². The molecule has 0 spiro atoms. The summed E-state index contributed by atoms with van der Waals surface area (Å²) in [5.41, 5.74) is 0.381. The molecule has 1 heterocycles. The lowest BCUT2D eigenvalue weighted by Crippen LogP contribution is -2.39. The van der Waals surface area contributed by atoms with E-state index in [1.807, 2.05) is 13.1 Å². The molecule has 0 unspecified atom stereocenters. The Morgan fingerprint density at radius 3 is 2.58 bits per heavy atom. The molecule has 0 bridgehead atoms. The molecule has 0 aromatic heterocycles. The third-order valence-corrected chi connectivity index (χ3v) is 6.22. The minimum atomic E-state index is -3.59. The zero-order chi connectivity index (χ0) is 16.9. The minimum Gasteiger partial charge on any atom is -0.495 e. The van der Waals surface area contributed by atoms with Gasteiger partial charge in [-0.3, -0.25) is 0 Å². The number of methoxy groups -OCH3 is 1. The van der Waals surface area contributed by atoms with Crippen LogP contribution < -0.4 is 10.1 Å². The molecule has 2 rings (SSSR count). The standard InChI is InChI=1S/C16H23N3O3S.ClH/c1-18-8-5-13-6-9-19(10-7-13)23(20,21)16-4-3-14(12-17)11-15(16)22-2;/h3-4,11,13,18H,5-10H2,1-2H3;1H. The van der Waals surface area contributed by atoms with Crippen LogP contribution in [0.25, 0.3) is 0 Å². The number of nitriles is 1. The molecule has 1 aliphatic rings. The maximum Gasteiger partial charge on any atom is 0.246 e.